The quantitative estimate of drug-likeness (QED) is 0.698. The third-order valence-corrected chi connectivity index (χ3v) is 4.48. The van der Waals surface area contributed by atoms with Crippen molar-refractivity contribution in [3.63, 3.8) is 0 Å². The highest BCUT2D eigenvalue weighted by atomic mass is 32.1. The minimum Gasteiger partial charge on any atom is -0.342 e. The van der Waals surface area contributed by atoms with Crippen molar-refractivity contribution in [3.05, 3.63) is 57.8 Å². The van der Waals surface area contributed by atoms with E-state index in [0.29, 0.717) is 13.2 Å². The summed E-state index contributed by atoms with van der Waals surface area (Å²) in [5.74, 6) is -0.990. The maximum Gasteiger partial charge on any atom is 0.231 e. The van der Waals surface area contributed by atoms with Gasteiger partial charge in [-0.05, 0) is 37.8 Å². The fraction of sp³-hybridized carbons (Fsp3) is 0.389. The maximum atomic E-state index is 9.04. The van der Waals surface area contributed by atoms with E-state index in [4.69, 9.17) is 14.7 Å². The van der Waals surface area contributed by atoms with Gasteiger partial charge in [0.15, 0.2) is 0 Å². The van der Waals surface area contributed by atoms with E-state index < -0.39 is 5.79 Å². The topological polar surface area (TPSA) is 42.2 Å². The minimum atomic E-state index is -0.869. The molecule has 0 fully saturated rings. The summed E-state index contributed by atoms with van der Waals surface area (Å²) in [6.45, 7) is 6.93. The van der Waals surface area contributed by atoms with Crippen molar-refractivity contribution < 1.29 is 9.47 Å². The van der Waals surface area contributed by atoms with E-state index in [9.17, 15) is 0 Å². The van der Waals surface area contributed by atoms with Crippen molar-refractivity contribution in [1.82, 2.24) is 0 Å². The van der Waals surface area contributed by atoms with Crippen LogP contribution in [0.1, 0.15) is 42.7 Å². The van der Waals surface area contributed by atoms with Gasteiger partial charge in [-0.2, -0.15) is 5.26 Å². The lowest BCUT2D eigenvalue weighted by atomic mass is 9.97. The molecule has 0 aliphatic rings. The van der Waals surface area contributed by atoms with Gasteiger partial charge in [-0.3, -0.25) is 0 Å². The normalized spacial score (nSPS) is 12.8. The highest BCUT2D eigenvalue weighted by Crippen LogP contribution is 2.38. The van der Waals surface area contributed by atoms with Crippen LogP contribution in [0.5, 0.6) is 0 Å². The number of ether oxygens (including phenoxy) is 2. The molecular weight excluding hydrogens is 294 g/mol. The number of nitrogens with zero attached hydrogens (tertiary/aromatic N) is 1. The van der Waals surface area contributed by atoms with Crippen LogP contribution in [0.3, 0.4) is 0 Å². The number of nitriles is 1. The molecule has 0 spiro atoms. The first-order valence-corrected chi connectivity index (χ1v) is 8.37. The molecule has 1 heterocycles. The van der Waals surface area contributed by atoms with Crippen LogP contribution in [0.4, 0.5) is 0 Å². The van der Waals surface area contributed by atoms with E-state index in [2.05, 4.69) is 6.07 Å². The number of hydrogen-bond donors (Lipinski definition) is 0. The largest absolute Gasteiger partial charge is 0.342 e. The van der Waals surface area contributed by atoms with Crippen molar-refractivity contribution in [1.29, 1.82) is 5.26 Å². The highest BCUT2D eigenvalue weighted by Gasteiger charge is 2.37. The molecule has 1 aromatic carbocycles. The van der Waals surface area contributed by atoms with Gasteiger partial charge in [0.1, 0.15) is 0 Å². The van der Waals surface area contributed by atoms with Crippen molar-refractivity contribution in [2.24, 2.45) is 0 Å². The zero-order valence-corrected chi connectivity index (χ0v) is 14.0. The molecule has 0 aliphatic heterocycles. The summed E-state index contributed by atoms with van der Waals surface area (Å²) >= 11 is 1.62. The predicted octanol–water partition coefficient (Wildman–Crippen LogP) is 4.65. The van der Waals surface area contributed by atoms with E-state index in [1.807, 2.05) is 62.5 Å². The Morgan fingerprint density at radius 1 is 1.14 bits per heavy atom. The Balaban J connectivity index is 2.47. The second-order valence-electron chi connectivity index (χ2n) is 4.93. The second-order valence-corrected chi connectivity index (χ2v) is 5.88. The molecule has 1 aromatic heterocycles. The Hall–Kier alpha value is -1.67. The molecule has 116 valence electrons. The average Bonchev–Trinajstić information content (AvgIpc) is 3.09. The zero-order valence-electron chi connectivity index (χ0n) is 13.2. The summed E-state index contributed by atoms with van der Waals surface area (Å²) in [7, 11) is 0. The van der Waals surface area contributed by atoms with Gasteiger partial charge in [0.05, 0.1) is 16.9 Å². The first-order chi connectivity index (χ1) is 10.7. The fourth-order valence-corrected chi connectivity index (χ4v) is 3.28. The van der Waals surface area contributed by atoms with Crippen LogP contribution in [-0.4, -0.2) is 13.2 Å². The van der Waals surface area contributed by atoms with Gasteiger partial charge < -0.3 is 9.47 Å². The van der Waals surface area contributed by atoms with Crippen molar-refractivity contribution in [2.75, 3.05) is 13.2 Å². The van der Waals surface area contributed by atoms with Crippen molar-refractivity contribution in [3.8, 4) is 6.07 Å². The molecule has 22 heavy (non-hydrogen) atoms. The number of rotatable bonds is 7. The van der Waals surface area contributed by atoms with Gasteiger partial charge in [0, 0.05) is 18.8 Å². The first-order valence-electron chi connectivity index (χ1n) is 7.49. The van der Waals surface area contributed by atoms with Crippen LogP contribution in [0.15, 0.2) is 41.8 Å². The molecule has 0 bridgehead atoms. The monoisotopic (exact) mass is 315 g/mol. The molecule has 4 heteroatoms. The second kappa shape index (κ2) is 7.55. The van der Waals surface area contributed by atoms with Gasteiger partial charge in [0.2, 0.25) is 5.79 Å². The third-order valence-electron chi connectivity index (χ3n) is 3.53. The molecule has 0 radical (unpaired) electrons. The van der Waals surface area contributed by atoms with Crippen LogP contribution in [-0.2, 0) is 15.3 Å². The van der Waals surface area contributed by atoms with E-state index >= 15 is 0 Å². The molecule has 3 nitrogen and oxygen atoms in total. The van der Waals surface area contributed by atoms with Crippen LogP contribution >= 0.6 is 11.3 Å². The Labute approximate surface area is 136 Å². The number of hydrogen-bond acceptors (Lipinski definition) is 4. The van der Waals surface area contributed by atoms with Crippen LogP contribution in [0.25, 0.3) is 0 Å². The van der Waals surface area contributed by atoms with Crippen LogP contribution in [0.2, 0.25) is 0 Å². The zero-order chi connectivity index (χ0) is 16.0. The van der Waals surface area contributed by atoms with Gasteiger partial charge in [-0.15, -0.1) is 11.3 Å². The summed E-state index contributed by atoms with van der Waals surface area (Å²) < 4.78 is 12.1. The smallest absolute Gasteiger partial charge is 0.231 e. The lowest BCUT2D eigenvalue weighted by Crippen LogP contribution is -2.34. The maximum absolute atomic E-state index is 9.04. The Bertz CT molecular complexity index is 608. The molecule has 0 saturated carbocycles. The average molecular weight is 315 g/mol. The Morgan fingerprint density at radius 2 is 1.77 bits per heavy atom. The van der Waals surface area contributed by atoms with E-state index in [0.717, 1.165) is 16.0 Å². The molecule has 0 aliphatic carbocycles. The summed E-state index contributed by atoms with van der Waals surface area (Å²) in [4.78, 5) is 1.03. The Kier molecular flexibility index (Phi) is 5.73. The fourth-order valence-electron chi connectivity index (χ4n) is 2.43. The lowest BCUT2D eigenvalue weighted by molar-refractivity contribution is -0.210. The third kappa shape index (κ3) is 3.22. The molecule has 2 rings (SSSR count). The van der Waals surface area contributed by atoms with E-state index in [1.54, 1.807) is 11.3 Å². The van der Waals surface area contributed by atoms with E-state index in [1.165, 1.54) is 0 Å². The van der Waals surface area contributed by atoms with E-state index in [-0.39, 0.29) is 5.92 Å². The van der Waals surface area contributed by atoms with Crippen molar-refractivity contribution in [2.45, 2.75) is 32.5 Å². The van der Waals surface area contributed by atoms with Crippen LogP contribution in [0, 0.1) is 11.3 Å². The molecule has 2 aromatic rings. The van der Waals surface area contributed by atoms with Crippen LogP contribution < -0.4 is 0 Å². The summed E-state index contributed by atoms with van der Waals surface area (Å²) in [6, 6.07) is 14.2. The van der Waals surface area contributed by atoms with Gasteiger partial charge in [-0.1, -0.05) is 30.3 Å². The van der Waals surface area contributed by atoms with Crippen molar-refractivity contribution >= 4 is 11.3 Å². The molecule has 0 saturated heterocycles. The SMILES string of the molecule is CCOC(OCC)(c1ccc(C(C)C#N)cc1)c1cccs1. The molecule has 0 amide bonds. The number of thiophene rings is 1. The minimum absolute atomic E-state index is 0.121. The summed E-state index contributed by atoms with van der Waals surface area (Å²) in [5, 5.41) is 11.1. The Morgan fingerprint density at radius 3 is 2.23 bits per heavy atom. The summed E-state index contributed by atoms with van der Waals surface area (Å²) in [5.41, 5.74) is 1.95. The standard InChI is InChI=1S/C18H21NO2S/c1-4-20-18(21-5-2,17-7-6-12-22-17)16-10-8-15(9-11-16)14(3)13-19/h6-12,14H,4-5H2,1-3H3. The predicted molar refractivity (Wildman–Crippen MR) is 88.8 cm³/mol. The highest BCUT2D eigenvalue weighted by molar-refractivity contribution is 7.10. The van der Waals surface area contributed by atoms with Gasteiger partial charge in [-0.25, -0.2) is 0 Å². The summed E-state index contributed by atoms with van der Waals surface area (Å²) in [6.07, 6.45) is 0. The molecule has 1 atom stereocenters. The molecule has 1 unspecified atom stereocenters. The molecule has 0 N–H and O–H groups in total. The molecular formula is C18H21NO2S. The van der Waals surface area contributed by atoms with Gasteiger partial charge in [0.25, 0.3) is 0 Å². The number of benzene rings is 1. The first kappa shape index (κ1) is 16.7. The van der Waals surface area contributed by atoms with Gasteiger partial charge >= 0.3 is 0 Å². The lowest BCUT2D eigenvalue weighted by Gasteiger charge is -2.33.